The minimum absolute atomic E-state index is 0.00239. The molecule has 2 aliphatic heterocycles. The number of cyclic esters (lactones) is 4. The highest BCUT2D eigenvalue weighted by Crippen LogP contribution is 2.27. The van der Waals surface area contributed by atoms with E-state index in [2.05, 4.69) is 9.47 Å². The van der Waals surface area contributed by atoms with Crippen molar-refractivity contribution in [2.24, 2.45) is 0 Å². The predicted molar refractivity (Wildman–Crippen MR) is 79.4 cm³/mol. The Morgan fingerprint density at radius 2 is 1.20 bits per heavy atom. The average molecular weight is 358 g/mol. The Kier molecular flexibility index (Phi) is 3.25. The van der Waals surface area contributed by atoms with Crippen molar-refractivity contribution in [3.8, 4) is 5.75 Å². The van der Waals surface area contributed by atoms with E-state index in [9.17, 15) is 23.4 Å². The highest BCUT2D eigenvalue weighted by molar-refractivity contribution is 7.80. The third-order valence-electron chi connectivity index (χ3n) is 3.60. The summed E-state index contributed by atoms with van der Waals surface area (Å²) in [6.07, 6.45) is 0. The van der Waals surface area contributed by atoms with Crippen LogP contribution in [0.2, 0.25) is 0 Å². The number of fused-ring (bicyclic) bond motifs is 2. The smallest absolute Gasteiger partial charge is 0.347 e. The fraction of sp³-hybridized carbons (Fsp3) is 0. The van der Waals surface area contributed by atoms with Crippen LogP contribution in [0.1, 0.15) is 41.4 Å². The normalized spacial score (nSPS) is 16.2. The number of hydrogen-bond donors (Lipinski definition) is 0. The Morgan fingerprint density at radius 3 is 1.84 bits per heavy atom. The molecule has 0 spiro atoms. The first-order chi connectivity index (χ1) is 11.9. The molecule has 25 heavy (non-hydrogen) atoms. The molecular formula is C16H6O8S. The third kappa shape index (κ3) is 2.41. The summed E-state index contributed by atoms with van der Waals surface area (Å²) in [5, 5.41) is 0. The summed E-state index contributed by atoms with van der Waals surface area (Å²) in [6.45, 7) is 0. The molecule has 2 aromatic rings. The number of benzene rings is 2. The molecule has 1 unspecified atom stereocenters. The van der Waals surface area contributed by atoms with E-state index in [1.54, 1.807) is 0 Å². The second kappa shape index (κ2) is 5.35. The van der Waals surface area contributed by atoms with Crippen LogP contribution >= 0.6 is 0 Å². The highest BCUT2D eigenvalue weighted by Gasteiger charge is 2.31. The zero-order valence-electron chi connectivity index (χ0n) is 12.1. The molecule has 2 heterocycles. The largest absolute Gasteiger partial charge is 0.397 e. The van der Waals surface area contributed by atoms with Gasteiger partial charge in [0.05, 0.1) is 27.1 Å². The summed E-state index contributed by atoms with van der Waals surface area (Å²) in [6, 6.07) is 7.85. The van der Waals surface area contributed by atoms with Crippen molar-refractivity contribution in [1.29, 1.82) is 0 Å². The van der Waals surface area contributed by atoms with E-state index in [4.69, 9.17) is 4.18 Å². The van der Waals surface area contributed by atoms with Crippen LogP contribution in [-0.2, 0) is 20.6 Å². The van der Waals surface area contributed by atoms with Crippen molar-refractivity contribution in [2.45, 2.75) is 4.90 Å². The van der Waals surface area contributed by atoms with Crippen molar-refractivity contribution in [3.05, 3.63) is 58.7 Å². The Balaban J connectivity index is 1.62. The summed E-state index contributed by atoms with van der Waals surface area (Å²) in [5.41, 5.74) is 0.205. The SMILES string of the molecule is O=C1OC(=O)c2cc(OS(=O)c3ccc4c(c3)C(=O)OC4=O)ccc21. The molecule has 2 aliphatic rings. The van der Waals surface area contributed by atoms with Gasteiger partial charge in [-0.25, -0.2) is 23.4 Å². The summed E-state index contributed by atoms with van der Waals surface area (Å²) in [7, 11) is 0. The molecule has 0 radical (unpaired) electrons. The molecular weight excluding hydrogens is 352 g/mol. The second-order valence-corrected chi connectivity index (χ2v) is 6.19. The lowest BCUT2D eigenvalue weighted by Crippen LogP contribution is -2.04. The van der Waals surface area contributed by atoms with Gasteiger partial charge >= 0.3 is 23.9 Å². The fourth-order valence-electron chi connectivity index (χ4n) is 2.42. The first-order valence-corrected chi connectivity index (χ1v) is 7.93. The van der Waals surface area contributed by atoms with Gasteiger partial charge in [0, 0.05) is 0 Å². The van der Waals surface area contributed by atoms with Gasteiger partial charge in [0.25, 0.3) is 0 Å². The van der Waals surface area contributed by atoms with E-state index < -0.39 is 35.0 Å². The molecule has 4 rings (SSSR count). The maximum atomic E-state index is 12.3. The van der Waals surface area contributed by atoms with Crippen LogP contribution in [0.3, 0.4) is 0 Å². The van der Waals surface area contributed by atoms with Gasteiger partial charge in [0.1, 0.15) is 5.75 Å². The Labute approximate surface area is 142 Å². The zero-order chi connectivity index (χ0) is 17.7. The maximum absolute atomic E-state index is 12.3. The number of esters is 4. The molecule has 9 heteroatoms. The van der Waals surface area contributed by atoms with Crippen molar-refractivity contribution >= 4 is 35.0 Å². The number of ether oxygens (including phenoxy) is 2. The van der Waals surface area contributed by atoms with Gasteiger partial charge in [-0.1, -0.05) is 0 Å². The van der Waals surface area contributed by atoms with Gasteiger partial charge in [-0.2, -0.15) is 0 Å². The predicted octanol–water partition coefficient (Wildman–Crippen LogP) is 1.41. The van der Waals surface area contributed by atoms with Gasteiger partial charge < -0.3 is 13.7 Å². The van der Waals surface area contributed by atoms with Crippen molar-refractivity contribution in [3.63, 3.8) is 0 Å². The molecule has 0 saturated carbocycles. The van der Waals surface area contributed by atoms with Crippen LogP contribution in [0.15, 0.2) is 41.3 Å². The Morgan fingerprint density at radius 1 is 0.680 bits per heavy atom. The molecule has 0 amide bonds. The van der Waals surface area contributed by atoms with E-state index in [1.165, 1.54) is 36.4 Å². The van der Waals surface area contributed by atoms with E-state index in [0.717, 1.165) is 0 Å². The standard InChI is InChI=1S/C16H6O8S/c17-13-9-3-1-7(5-11(9)15(19)22-13)24-25(21)8-2-4-10-12(6-8)16(20)23-14(10)18/h1-6H. The molecule has 2 aromatic carbocycles. The van der Waals surface area contributed by atoms with Crippen LogP contribution in [0.4, 0.5) is 0 Å². The van der Waals surface area contributed by atoms with Crippen LogP contribution in [0, 0.1) is 0 Å². The second-order valence-electron chi connectivity index (χ2n) is 5.09. The average Bonchev–Trinajstić information content (AvgIpc) is 3.03. The molecule has 124 valence electrons. The van der Waals surface area contributed by atoms with Crippen molar-refractivity contribution in [1.82, 2.24) is 0 Å². The van der Waals surface area contributed by atoms with Gasteiger partial charge in [0.15, 0.2) is 0 Å². The molecule has 0 bridgehead atoms. The summed E-state index contributed by atoms with van der Waals surface area (Å²) >= 11 is -2.03. The fourth-order valence-corrected chi connectivity index (χ4v) is 3.19. The van der Waals surface area contributed by atoms with Gasteiger partial charge in [0.2, 0.25) is 11.1 Å². The summed E-state index contributed by atoms with van der Waals surface area (Å²) in [4.78, 5) is 46.0. The monoisotopic (exact) mass is 358 g/mol. The van der Waals surface area contributed by atoms with Crippen LogP contribution in [-0.4, -0.2) is 28.1 Å². The molecule has 0 aliphatic carbocycles. The lowest BCUT2D eigenvalue weighted by Gasteiger charge is -2.06. The van der Waals surface area contributed by atoms with Gasteiger partial charge in [-0.3, -0.25) is 0 Å². The Hall–Kier alpha value is -3.33. The lowest BCUT2D eigenvalue weighted by atomic mass is 10.1. The topological polar surface area (TPSA) is 113 Å². The highest BCUT2D eigenvalue weighted by atomic mass is 32.2. The first kappa shape index (κ1) is 15.2. The van der Waals surface area contributed by atoms with Crippen molar-refractivity contribution in [2.75, 3.05) is 0 Å². The zero-order valence-corrected chi connectivity index (χ0v) is 13.0. The molecule has 0 fully saturated rings. The third-order valence-corrected chi connectivity index (χ3v) is 4.58. The van der Waals surface area contributed by atoms with E-state index in [-0.39, 0.29) is 32.9 Å². The van der Waals surface area contributed by atoms with E-state index in [0.29, 0.717) is 0 Å². The first-order valence-electron chi connectivity index (χ1n) is 6.85. The van der Waals surface area contributed by atoms with E-state index in [1.807, 2.05) is 0 Å². The summed E-state index contributed by atoms with van der Waals surface area (Å²) < 4.78 is 26.5. The molecule has 0 saturated heterocycles. The Bertz CT molecular complexity index is 1020. The maximum Gasteiger partial charge on any atom is 0.347 e. The lowest BCUT2D eigenvalue weighted by molar-refractivity contribution is 0.0425. The molecule has 8 nitrogen and oxygen atoms in total. The van der Waals surface area contributed by atoms with Gasteiger partial charge in [-0.15, -0.1) is 0 Å². The van der Waals surface area contributed by atoms with Gasteiger partial charge in [-0.05, 0) is 36.4 Å². The molecule has 1 atom stereocenters. The van der Waals surface area contributed by atoms with Crippen LogP contribution < -0.4 is 4.18 Å². The number of rotatable bonds is 3. The number of carbonyl (C=O) groups is 4. The summed E-state index contributed by atoms with van der Waals surface area (Å²) in [5.74, 6) is -3.08. The van der Waals surface area contributed by atoms with E-state index >= 15 is 0 Å². The minimum Gasteiger partial charge on any atom is -0.397 e. The van der Waals surface area contributed by atoms with Crippen LogP contribution in [0.5, 0.6) is 5.75 Å². The minimum atomic E-state index is -2.03. The van der Waals surface area contributed by atoms with Crippen molar-refractivity contribution < 1.29 is 37.0 Å². The number of carbonyl (C=O) groups excluding carboxylic acids is 4. The molecule has 0 N–H and O–H groups in total. The molecule has 0 aromatic heterocycles. The van der Waals surface area contributed by atoms with Crippen LogP contribution in [0.25, 0.3) is 0 Å². The number of hydrogen-bond acceptors (Lipinski definition) is 8. The quantitative estimate of drug-likeness (QED) is 0.598.